The Balaban J connectivity index is 1.77. The molecule has 0 fully saturated rings. The van der Waals surface area contributed by atoms with Crippen molar-refractivity contribution in [1.29, 1.82) is 0 Å². The van der Waals surface area contributed by atoms with E-state index in [0.717, 1.165) is 18.2 Å². The van der Waals surface area contributed by atoms with Crippen molar-refractivity contribution < 1.29 is 36.7 Å². The molecular weight excluding hydrogens is 343 g/mol. The molecule has 0 atom stereocenters. The third-order valence-corrected chi connectivity index (χ3v) is 2.64. The Labute approximate surface area is 139 Å². The van der Waals surface area contributed by atoms with Crippen LogP contribution in [-0.4, -0.2) is 24.8 Å². The fraction of sp³-hybridized carbons (Fsp3) is 0.125. The van der Waals surface area contributed by atoms with Crippen LogP contribution >= 0.6 is 0 Å². The average molecular weight is 355 g/mol. The molecule has 0 aliphatic rings. The van der Waals surface area contributed by atoms with Crippen LogP contribution in [0.1, 0.15) is 5.76 Å². The average Bonchev–Trinajstić information content (AvgIpc) is 3.05. The number of alkyl halides is 3. The van der Waals surface area contributed by atoms with Gasteiger partial charge >= 0.3 is 12.3 Å². The van der Waals surface area contributed by atoms with Gasteiger partial charge < -0.3 is 19.2 Å². The number of benzene rings is 1. The second kappa shape index (κ2) is 8.04. The predicted molar refractivity (Wildman–Crippen MR) is 80.5 cm³/mol. The van der Waals surface area contributed by atoms with E-state index < -0.39 is 30.6 Å². The van der Waals surface area contributed by atoms with Crippen LogP contribution in [-0.2, 0) is 14.3 Å². The van der Waals surface area contributed by atoms with E-state index in [1.165, 1.54) is 24.5 Å². The van der Waals surface area contributed by atoms with E-state index in [1.807, 2.05) is 0 Å². The molecule has 1 aromatic carbocycles. The first-order chi connectivity index (χ1) is 11.8. The van der Waals surface area contributed by atoms with Crippen LogP contribution in [0.2, 0.25) is 0 Å². The number of carbonyl (C=O) groups is 2. The summed E-state index contributed by atoms with van der Waals surface area (Å²) in [6, 6.07) is 7.80. The Morgan fingerprint density at radius 1 is 1.16 bits per heavy atom. The molecule has 1 heterocycles. The largest absolute Gasteiger partial charge is 0.573 e. The van der Waals surface area contributed by atoms with Gasteiger partial charge in [-0.25, -0.2) is 4.79 Å². The Morgan fingerprint density at radius 3 is 2.48 bits per heavy atom. The second-order valence-electron chi connectivity index (χ2n) is 4.58. The van der Waals surface area contributed by atoms with Crippen LogP contribution in [0, 0.1) is 0 Å². The molecule has 0 aliphatic carbocycles. The van der Waals surface area contributed by atoms with Crippen LogP contribution in [0.25, 0.3) is 6.08 Å². The maximum Gasteiger partial charge on any atom is 0.573 e. The van der Waals surface area contributed by atoms with Crippen LogP contribution in [0.5, 0.6) is 5.75 Å². The van der Waals surface area contributed by atoms with Gasteiger partial charge in [-0.1, -0.05) is 0 Å². The Kier molecular flexibility index (Phi) is 5.83. The monoisotopic (exact) mass is 355 g/mol. The van der Waals surface area contributed by atoms with E-state index in [-0.39, 0.29) is 5.69 Å². The summed E-state index contributed by atoms with van der Waals surface area (Å²) in [5.74, 6) is -1.37. The van der Waals surface area contributed by atoms with Crippen molar-refractivity contribution >= 4 is 23.6 Å². The van der Waals surface area contributed by atoms with Crippen molar-refractivity contribution in [3.8, 4) is 5.75 Å². The summed E-state index contributed by atoms with van der Waals surface area (Å²) in [7, 11) is 0. The molecule has 1 amide bonds. The molecule has 9 heteroatoms. The van der Waals surface area contributed by atoms with Crippen LogP contribution in [0.15, 0.2) is 53.2 Å². The molecule has 0 aliphatic heterocycles. The highest BCUT2D eigenvalue weighted by atomic mass is 19.4. The van der Waals surface area contributed by atoms with Gasteiger partial charge in [-0.15, -0.1) is 13.2 Å². The summed E-state index contributed by atoms with van der Waals surface area (Å²) in [5, 5.41) is 2.36. The molecule has 2 aromatic rings. The predicted octanol–water partition coefficient (Wildman–Crippen LogP) is 3.37. The maximum absolute atomic E-state index is 12.0. The Bertz CT molecular complexity index is 736. The maximum atomic E-state index is 12.0. The lowest BCUT2D eigenvalue weighted by molar-refractivity contribution is -0.274. The summed E-state index contributed by atoms with van der Waals surface area (Å²) in [4.78, 5) is 23.0. The second-order valence-corrected chi connectivity index (χ2v) is 4.58. The number of halogens is 3. The lowest BCUT2D eigenvalue weighted by Crippen LogP contribution is -2.20. The number of rotatable bonds is 6. The minimum Gasteiger partial charge on any atom is -0.465 e. The molecule has 132 valence electrons. The molecule has 0 unspecified atom stereocenters. The zero-order valence-electron chi connectivity index (χ0n) is 12.6. The molecule has 0 saturated carbocycles. The Hall–Kier alpha value is -3.23. The van der Waals surface area contributed by atoms with Gasteiger partial charge in [-0.3, -0.25) is 4.79 Å². The van der Waals surface area contributed by atoms with Gasteiger partial charge in [-0.2, -0.15) is 0 Å². The Morgan fingerprint density at radius 2 is 1.88 bits per heavy atom. The van der Waals surface area contributed by atoms with Gasteiger partial charge in [-0.05, 0) is 42.5 Å². The summed E-state index contributed by atoms with van der Waals surface area (Å²) in [6.07, 6.45) is -0.888. The first-order valence-electron chi connectivity index (χ1n) is 6.86. The highest BCUT2D eigenvalue weighted by molar-refractivity contribution is 5.94. The SMILES string of the molecule is O=C(COC(=O)C=Cc1ccco1)Nc1ccc(OC(F)(F)F)cc1. The smallest absolute Gasteiger partial charge is 0.465 e. The summed E-state index contributed by atoms with van der Waals surface area (Å²) < 4.78 is 49.5. The first-order valence-corrected chi connectivity index (χ1v) is 6.86. The van der Waals surface area contributed by atoms with Gasteiger partial charge in [0.25, 0.3) is 5.91 Å². The van der Waals surface area contributed by atoms with Crippen molar-refractivity contribution in [1.82, 2.24) is 0 Å². The van der Waals surface area contributed by atoms with Crippen LogP contribution < -0.4 is 10.1 Å². The van der Waals surface area contributed by atoms with Gasteiger partial charge in [0.2, 0.25) is 0 Å². The molecule has 0 spiro atoms. The zero-order valence-corrected chi connectivity index (χ0v) is 12.6. The third-order valence-electron chi connectivity index (χ3n) is 2.64. The molecule has 0 bridgehead atoms. The normalized spacial score (nSPS) is 11.3. The summed E-state index contributed by atoms with van der Waals surface area (Å²) in [5.41, 5.74) is 0.224. The molecule has 2 rings (SSSR count). The van der Waals surface area contributed by atoms with E-state index in [0.29, 0.717) is 5.76 Å². The van der Waals surface area contributed by atoms with E-state index >= 15 is 0 Å². The fourth-order valence-corrected chi connectivity index (χ4v) is 1.66. The lowest BCUT2D eigenvalue weighted by atomic mass is 10.3. The van der Waals surface area contributed by atoms with E-state index in [9.17, 15) is 22.8 Å². The summed E-state index contributed by atoms with van der Waals surface area (Å²) >= 11 is 0. The third kappa shape index (κ3) is 6.81. The van der Waals surface area contributed by atoms with E-state index in [2.05, 4.69) is 10.1 Å². The topological polar surface area (TPSA) is 77.8 Å². The first kappa shape index (κ1) is 18.1. The van der Waals surface area contributed by atoms with Crippen LogP contribution in [0.3, 0.4) is 0 Å². The highest BCUT2D eigenvalue weighted by Crippen LogP contribution is 2.23. The molecule has 0 saturated heterocycles. The molecule has 6 nitrogen and oxygen atoms in total. The van der Waals surface area contributed by atoms with Crippen molar-refractivity contribution in [2.75, 3.05) is 11.9 Å². The molecule has 25 heavy (non-hydrogen) atoms. The standard InChI is InChI=1S/C16H12F3NO5/c17-16(18,19)25-13-5-3-11(4-6-13)20-14(21)10-24-15(22)8-7-12-2-1-9-23-12/h1-9H,10H2,(H,20,21). The number of hydrogen-bond acceptors (Lipinski definition) is 5. The number of esters is 1. The van der Waals surface area contributed by atoms with Gasteiger partial charge in [0.15, 0.2) is 6.61 Å². The van der Waals surface area contributed by atoms with Crippen molar-refractivity contribution in [2.45, 2.75) is 6.36 Å². The quantitative estimate of drug-likeness (QED) is 0.635. The van der Waals surface area contributed by atoms with Crippen molar-refractivity contribution in [3.05, 3.63) is 54.5 Å². The molecule has 0 radical (unpaired) electrons. The van der Waals surface area contributed by atoms with E-state index in [1.54, 1.807) is 12.1 Å². The molecule has 1 N–H and O–H groups in total. The number of carbonyl (C=O) groups excluding carboxylic acids is 2. The van der Waals surface area contributed by atoms with Crippen molar-refractivity contribution in [3.63, 3.8) is 0 Å². The number of amides is 1. The minimum atomic E-state index is -4.79. The zero-order chi connectivity index (χ0) is 18.3. The highest BCUT2D eigenvalue weighted by Gasteiger charge is 2.30. The van der Waals surface area contributed by atoms with Gasteiger partial charge in [0.1, 0.15) is 11.5 Å². The minimum absolute atomic E-state index is 0.224. The lowest BCUT2D eigenvalue weighted by Gasteiger charge is -2.10. The number of furan rings is 1. The van der Waals surface area contributed by atoms with Crippen molar-refractivity contribution in [2.24, 2.45) is 0 Å². The van der Waals surface area contributed by atoms with Crippen LogP contribution in [0.4, 0.5) is 18.9 Å². The number of nitrogens with one attached hydrogen (secondary N) is 1. The van der Waals surface area contributed by atoms with E-state index in [4.69, 9.17) is 9.15 Å². The summed E-state index contributed by atoms with van der Waals surface area (Å²) in [6.45, 7) is -0.553. The van der Waals surface area contributed by atoms with Gasteiger partial charge in [0, 0.05) is 11.8 Å². The number of hydrogen-bond donors (Lipinski definition) is 1. The fourth-order valence-electron chi connectivity index (χ4n) is 1.66. The molecular formula is C16H12F3NO5. The number of anilines is 1. The molecule has 1 aromatic heterocycles. The number of ether oxygens (including phenoxy) is 2. The van der Waals surface area contributed by atoms with Gasteiger partial charge in [0.05, 0.1) is 6.26 Å².